The number of aliphatic hydroxyl groups is 1. The Bertz CT molecular complexity index is 2890. The first-order valence-corrected chi connectivity index (χ1v) is 22.5. The number of piperidine rings is 1. The smallest absolute Gasteiger partial charge is 0.255 e. The van der Waals surface area contributed by atoms with Crippen LogP contribution in [0, 0.1) is 17.3 Å². The van der Waals surface area contributed by atoms with Crippen molar-refractivity contribution >= 4 is 40.3 Å². The summed E-state index contributed by atoms with van der Waals surface area (Å²) in [6.45, 7) is 1.40. The molecule has 6 aromatic rings. The van der Waals surface area contributed by atoms with Gasteiger partial charge >= 0.3 is 0 Å². The average Bonchev–Trinajstić information content (AvgIpc) is 3.83. The number of rotatable bonds is 13. The van der Waals surface area contributed by atoms with Crippen molar-refractivity contribution in [1.29, 1.82) is 5.41 Å². The topological polar surface area (TPSA) is 174 Å². The zero-order chi connectivity index (χ0) is 44.9. The van der Waals surface area contributed by atoms with E-state index in [-0.39, 0.29) is 49.4 Å². The summed E-state index contributed by atoms with van der Waals surface area (Å²) in [5.74, 6) is 5.52. The molecule has 1 saturated heterocycles. The molecule has 1 unspecified atom stereocenters. The maximum absolute atomic E-state index is 13.0. The van der Waals surface area contributed by atoms with Crippen LogP contribution in [0.2, 0.25) is 0 Å². The highest BCUT2D eigenvalue weighted by Gasteiger charge is 2.39. The van der Waals surface area contributed by atoms with Crippen molar-refractivity contribution in [2.45, 2.75) is 89.1 Å². The Hall–Kier alpha value is -7.30. The Balaban J connectivity index is 0.824. The molecule has 2 aromatic heterocycles. The summed E-state index contributed by atoms with van der Waals surface area (Å²) in [5.41, 5.74) is 9.21. The second-order valence-electron chi connectivity index (χ2n) is 17.1. The Morgan fingerprint density at radius 2 is 1.65 bits per heavy atom. The van der Waals surface area contributed by atoms with Gasteiger partial charge in [-0.2, -0.15) is 0 Å². The molecule has 4 aromatic carbocycles. The maximum atomic E-state index is 13.0. The normalized spacial score (nSPS) is 18.2. The highest BCUT2D eigenvalue weighted by Crippen LogP contribution is 2.40. The van der Waals surface area contributed by atoms with Gasteiger partial charge < -0.3 is 29.8 Å². The molecule has 330 valence electrons. The minimum atomic E-state index is -0.673. The number of amides is 4. The van der Waals surface area contributed by atoms with Gasteiger partial charge in [0.15, 0.2) is 0 Å². The summed E-state index contributed by atoms with van der Waals surface area (Å²) < 4.78 is 4.25. The van der Waals surface area contributed by atoms with Gasteiger partial charge in [0.05, 0.1) is 30.1 Å². The van der Waals surface area contributed by atoms with Crippen LogP contribution in [0.3, 0.4) is 0 Å². The van der Waals surface area contributed by atoms with E-state index in [1.54, 1.807) is 12.1 Å². The molecule has 0 spiro atoms. The van der Waals surface area contributed by atoms with Crippen molar-refractivity contribution in [3.8, 4) is 34.2 Å². The Morgan fingerprint density at radius 3 is 2.42 bits per heavy atom. The molecule has 0 bridgehead atoms. The van der Waals surface area contributed by atoms with Gasteiger partial charge in [-0.15, -0.1) is 0 Å². The van der Waals surface area contributed by atoms with E-state index >= 15 is 0 Å². The van der Waals surface area contributed by atoms with Crippen LogP contribution in [-0.2, 0) is 27.5 Å². The van der Waals surface area contributed by atoms with Crippen LogP contribution in [-0.4, -0.2) is 73.0 Å². The van der Waals surface area contributed by atoms with E-state index in [0.717, 1.165) is 88.6 Å². The van der Waals surface area contributed by atoms with Gasteiger partial charge in [-0.1, -0.05) is 84.6 Å². The fourth-order valence-corrected chi connectivity index (χ4v) is 9.41. The molecule has 5 N–H and O–H groups in total. The SMILES string of the molecule is N=c1c2c(-c3ccccc3)c(-c3ccccc3)n(Cc3cccc(C#CCCCCNC(=O)CNc4ccc5c(c4)CN(C4CCC(=O)NC4=O)C5=O)c3)c2ncn1C1CCC(O)CC1. The number of fused-ring (bicyclic) bond motifs is 2. The van der Waals surface area contributed by atoms with Crippen LogP contribution in [0.25, 0.3) is 33.4 Å². The number of nitrogens with one attached hydrogen (secondary N) is 4. The molecule has 3 aliphatic rings. The van der Waals surface area contributed by atoms with Crippen LogP contribution in [0.15, 0.2) is 109 Å². The van der Waals surface area contributed by atoms with Crippen molar-refractivity contribution in [1.82, 2.24) is 29.7 Å². The van der Waals surface area contributed by atoms with E-state index in [9.17, 15) is 29.7 Å². The first-order chi connectivity index (χ1) is 31.7. The van der Waals surface area contributed by atoms with Gasteiger partial charge in [-0.05, 0) is 97.5 Å². The molecule has 13 heteroatoms. The number of aromatic nitrogens is 3. The number of aliphatic hydroxyl groups excluding tert-OH is 1. The average molecular weight is 869 g/mol. The lowest BCUT2D eigenvalue weighted by Crippen LogP contribution is -2.52. The number of unbranched alkanes of at least 4 members (excludes halogenated alkanes) is 2. The van der Waals surface area contributed by atoms with Gasteiger partial charge in [0.2, 0.25) is 17.7 Å². The van der Waals surface area contributed by atoms with Crippen molar-refractivity contribution < 1.29 is 24.3 Å². The second kappa shape index (κ2) is 19.2. The molecule has 2 aliphatic heterocycles. The van der Waals surface area contributed by atoms with E-state index in [1.807, 2.05) is 65.5 Å². The lowest BCUT2D eigenvalue weighted by atomic mass is 9.93. The minimum absolute atomic E-state index is 0.0749. The quantitative estimate of drug-likeness (QED) is 0.0489. The number of carbonyl (C=O) groups excluding carboxylic acids is 4. The number of imide groups is 1. The number of carbonyl (C=O) groups is 4. The van der Waals surface area contributed by atoms with Crippen molar-refractivity contribution in [3.63, 3.8) is 0 Å². The van der Waals surface area contributed by atoms with E-state index in [2.05, 4.69) is 68.8 Å². The molecule has 65 heavy (non-hydrogen) atoms. The van der Waals surface area contributed by atoms with Crippen molar-refractivity contribution in [3.05, 3.63) is 137 Å². The molecule has 9 rings (SSSR count). The fraction of sp³-hybridized carbons (Fsp3) is 0.308. The summed E-state index contributed by atoms with van der Waals surface area (Å²) in [4.78, 5) is 56.2. The molecule has 4 amide bonds. The van der Waals surface area contributed by atoms with Crippen molar-refractivity contribution in [2.24, 2.45) is 0 Å². The fourth-order valence-electron chi connectivity index (χ4n) is 9.41. The third-order valence-electron chi connectivity index (χ3n) is 12.7. The standard InChI is InChI=1S/C52H52N8O5/c53-49-47-46(36-15-6-3-7-16-36)48(37-17-8-4-9-18-37)59(50(47)56-33-60(49)40-20-22-41(61)23-21-40)31-35-14-11-13-34(28-35)12-5-1-2-10-27-54-45(63)30-55-39-19-24-42-38(29-39)32-58(52(42)65)43-25-26-44(62)57-51(43)64/h3-4,6-9,11,13-19,24,28-29,33,40-41,43,53,55,61H,1-2,10,20-23,25-27,30-32H2,(H,54,63)(H,57,62,64). The number of hydrogen-bond acceptors (Lipinski definition) is 8. The highest BCUT2D eigenvalue weighted by atomic mass is 16.3. The van der Waals surface area contributed by atoms with Gasteiger partial charge in [0, 0.05) is 60.9 Å². The third kappa shape index (κ3) is 9.35. The minimum Gasteiger partial charge on any atom is -0.393 e. The third-order valence-corrected chi connectivity index (χ3v) is 12.7. The van der Waals surface area contributed by atoms with Gasteiger partial charge in [-0.3, -0.25) is 29.9 Å². The van der Waals surface area contributed by atoms with E-state index in [4.69, 9.17) is 4.98 Å². The van der Waals surface area contributed by atoms with Crippen LogP contribution < -0.4 is 21.4 Å². The van der Waals surface area contributed by atoms with Crippen LogP contribution >= 0.6 is 0 Å². The summed E-state index contributed by atoms with van der Waals surface area (Å²) >= 11 is 0. The van der Waals surface area contributed by atoms with Crippen LogP contribution in [0.4, 0.5) is 5.69 Å². The number of benzene rings is 4. The molecule has 1 aliphatic carbocycles. The first kappa shape index (κ1) is 43.0. The van der Waals surface area contributed by atoms with E-state index in [1.165, 1.54) is 4.90 Å². The molecule has 0 radical (unpaired) electrons. The lowest BCUT2D eigenvalue weighted by molar-refractivity contribution is -0.137. The zero-order valence-electron chi connectivity index (χ0n) is 36.2. The predicted octanol–water partition coefficient (Wildman–Crippen LogP) is 6.69. The van der Waals surface area contributed by atoms with Gasteiger partial charge in [0.25, 0.3) is 5.91 Å². The lowest BCUT2D eigenvalue weighted by Gasteiger charge is -2.29. The van der Waals surface area contributed by atoms with E-state index < -0.39 is 11.9 Å². The molecule has 2 fully saturated rings. The number of hydrogen-bond donors (Lipinski definition) is 5. The van der Waals surface area contributed by atoms with Crippen LogP contribution in [0.1, 0.15) is 90.9 Å². The first-order valence-electron chi connectivity index (χ1n) is 22.5. The summed E-state index contributed by atoms with van der Waals surface area (Å²) in [6, 6.07) is 33.6. The van der Waals surface area contributed by atoms with E-state index in [0.29, 0.717) is 42.7 Å². The monoisotopic (exact) mass is 868 g/mol. The summed E-state index contributed by atoms with van der Waals surface area (Å²) in [5, 5.41) is 29.1. The molecule has 1 saturated carbocycles. The summed E-state index contributed by atoms with van der Waals surface area (Å²) in [6.07, 6.45) is 7.37. The largest absolute Gasteiger partial charge is 0.393 e. The van der Waals surface area contributed by atoms with Crippen molar-refractivity contribution in [2.75, 3.05) is 18.4 Å². The Kier molecular flexibility index (Phi) is 12.7. The molecule has 13 nitrogen and oxygen atoms in total. The highest BCUT2D eigenvalue weighted by molar-refractivity contribution is 6.06. The number of nitrogens with zero attached hydrogens (tertiary/aromatic N) is 4. The molecular formula is C52H52N8O5. The molecular weight excluding hydrogens is 817 g/mol. The molecule has 4 heterocycles. The summed E-state index contributed by atoms with van der Waals surface area (Å²) in [7, 11) is 0. The van der Waals surface area contributed by atoms with Gasteiger partial charge in [-0.25, -0.2) is 4.98 Å². The molecule has 1 atom stereocenters. The van der Waals surface area contributed by atoms with Gasteiger partial charge in [0.1, 0.15) is 17.2 Å². The zero-order valence-corrected chi connectivity index (χ0v) is 36.2. The predicted molar refractivity (Wildman–Crippen MR) is 248 cm³/mol. The maximum Gasteiger partial charge on any atom is 0.255 e. The van der Waals surface area contributed by atoms with Crippen LogP contribution in [0.5, 0.6) is 0 Å². The second-order valence-corrected chi connectivity index (χ2v) is 17.1. The number of anilines is 1. The Labute approximate surface area is 377 Å². The Morgan fingerprint density at radius 1 is 0.877 bits per heavy atom.